The molecule has 1 heteroatoms. The van der Waals surface area contributed by atoms with Gasteiger partial charge in [-0.1, -0.05) is 170 Å². The molecule has 0 bridgehead atoms. The number of benzene rings is 9. The molecule has 0 unspecified atom stereocenters. The predicted molar refractivity (Wildman–Crippen MR) is 207 cm³/mol. The Morgan fingerprint density at radius 2 is 0.776 bits per heavy atom. The van der Waals surface area contributed by atoms with Crippen molar-refractivity contribution in [1.29, 1.82) is 0 Å². The van der Waals surface area contributed by atoms with Crippen LogP contribution in [0.3, 0.4) is 0 Å². The molecular formula is C48H30O. The van der Waals surface area contributed by atoms with E-state index in [1.807, 2.05) is 6.07 Å². The van der Waals surface area contributed by atoms with Crippen LogP contribution in [0.5, 0.6) is 0 Å². The summed E-state index contributed by atoms with van der Waals surface area (Å²) in [5, 5.41) is 8.93. The van der Waals surface area contributed by atoms with Gasteiger partial charge in [0.05, 0.1) is 0 Å². The summed E-state index contributed by atoms with van der Waals surface area (Å²) in [5.41, 5.74) is 11.6. The normalized spacial score (nSPS) is 11.7. The molecule has 1 nitrogen and oxygen atoms in total. The fraction of sp³-hybridized carbons (Fsp3) is 0. The Morgan fingerprint density at radius 3 is 1.37 bits per heavy atom. The summed E-state index contributed by atoms with van der Waals surface area (Å²) in [6, 6.07) is 65.6. The Balaban J connectivity index is 1.09. The molecule has 0 spiro atoms. The van der Waals surface area contributed by atoms with Crippen LogP contribution in [0.15, 0.2) is 186 Å². The summed E-state index contributed by atoms with van der Waals surface area (Å²) in [6.45, 7) is 0. The van der Waals surface area contributed by atoms with Crippen LogP contribution >= 0.6 is 0 Å². The van der Waals surface area contributed by atoms with Gasteiger partial charge in [0.1, 0.15) is 11.3 Å². The summed E-state index contributed by atoms with van der Waals surface area (Å²) in [7, 11) is 0. The molecule has 0 radical (unpaired) electrons. The number of rotatable bonds is 5. The Labute approximate surface area is 284 Å². The highest BCUT2D eigenvalue weighted by Gasteiger charge is 2.19. The molecular weight excluding hydrogens is 593 g/mol. The van der Waals surface area contributed by atoms with Crippen molar-refractivity contribution in [2.75, 3.05) is 0 Å². The first-order valence-corrected chi connectivity index (χ1v) is 16.8. The zero-order chi connectivity index (χ0) is 32.3. The van der Waals surface area contributed by atoms with Crippen molar-refractivity contribution in [3.8, 4) is 55.8 Å². The first-order valence-electron chi connectivity index (χ1n) is 16.8. The van der Waals surface area contributed by atoms with Gasteiger partial charge in [-0.2, -0.15) is 0 Å². The quantitative estimate of drug-likeness (QED) is 0.174. The van der Waals surface area contributed by atoms with Crippen molar-refractivity contribution in [3.63, 3.8) is 0 Å². The molecule has 49 heavy (non-hydrogen) atoms. The van der Waals surface area contributed by atoms with E-state index >= 15 is 0 Å². The third kappa shape index (κ3) is 4.47. The average molecular weight is 623 g/mol. The van der Waals surface area contributed by atoms with Crippen molar-refractivity contribution in [3.05, 3.63) is 182 Å². The van der Waals surface area contributed by atoms with E-state index in [1.165, 1.54) is 65.7 Å². The predicted octanol–water partition coefficient (Wildman–Crippen LogP) is 13.7. The Kier molecular flexibility index (Phi) is 6.25. The summed E-state index contributed by atoms with van der Waals surface area (Å²) in [5.74, 6) is 0.902. The van der Waals surface area contributed by atoms with Crippen molar-refractivity contribution in [2.24, 2.45) is 0 Å². The average Bonchev–Trinajstić information content (AvgIpc) is 3.57. The topological polar surface area (TPSA) is 13.1 Å². The summed E-state index contributed by atoms with van der Waals surface area (Å²) in [4.78, 5) is 0. The van der Waals surface area contributed by atoms with Gasteiger partial charge in [0, 0.05) is 16.5 Å². The molecule has 0 aliphatic rings. The van der Waals surface area contributed by atoms with Crippen molar-refractivity contribution in [1.82, 2.24) is 0 Å². The van der Waals surface area contributed by atoms with Gasteiger partial charge in [-0.3, -0.25) is 0 Å². The van der Waals surface area contributed by atoms with Crippen LogP contribution in [-0.2, 0) is 0 Å². The molecule has 1 aromatic heterocycles. The number of fused-ring (bicyclic) bond motifs is 1. The summed E-state index contributed by atoms with van der Waals surface area (Å²) >= 11 is 0. The molecule has 0 aliphatic heterocycles. The van der Waals surface area contributed by atoms with E-state index in [2.05, 4.69) is 176 Å². The molecule has 228 valence electrons. The summed E-state index contributed by atoms with van der Waals surface area (Å²) < 4.78 is 6.53. The smallest absolute Gasteiger partial charge is 0.143 e. The van der Waals surface area contributed by atoms with Crippen molar-refractivity contribution in [2.45, 2.75) is 0 Å². The minimum atomic E-state index is 0.891. The van der Waals surface area contributed by atoms with Gasteiger partial charge < -0.3 is 4.42 Å². The lowest BCUT2D eigenvalue weighted by molar-refractivity contribution is 0.632. The molecule has 0 amide bonds. The molecule has 0 saturated heterocycles. The first-order chi connectivity index (χ1) is 24.3. The Hall–Kier alpha value is -6.44. The maximum absolute atomic E-state index is 6.53. The van der Waals surface area contributed by atoms with Gasteiger partial charge in [0.25, 0.3) is 0 Å². The molecule has 10 aromatic rings. The van der Waals surface area contributed by atoms with Crippen LogP contribution < -0.4 is 0 Å². The van der Waals surface area contributed by atoms with Gasteiger partial charge in [0.15, 0.2) is 0 Å². The lowest BCUT2D eigenvalue weighted by Gasteiger charge is -2.16. The fourth-order valence-corrected chi connectivity index (χ4v) is 7.73. The first kappa shape index (κ1) is 27.7. The highest BCUT2D eigenvalue weighted by molar-refractivity contribution is 6.27. The molecule has 0 fully saturated rings. The maximum atomic E-state index is 6.53. The van der Waals surface area contributed by atoms with E-state index in [0.29, 0.717) is 0 Å². The van der Waals surface area contributed by atoms with E-state index < -0.39 is 0 Å². The SMILES string of the molecule is c1ccc(-c2oc3ccc(-c4ccc(-c5ccc6ccc7c(-c8ccccc8)ccc8ccc5c6c87)cc4)cc3c2-c2ccccc2)cc1. The molecule has 0 saturated carbocycles. The van der Waals surface area contributed by atoms with Crippen LogP contribution in [0.25, 0.3) is 99.1 Å². The minimum absolute atomic E-state index is 0.891. The zero-order valence-electron chi connectivity index (χ0n) is 26.7. The van der Waals surface area contributed by atoms with E-state index in [9.17, 15) is 0 Å². The van der Waals surface area contributed by atoms with Gasteiger partial charge in [0.2, 0.25) is 0 Å². The molecule has 0 atom stereocenters. The molecule has 0 aliphatic carbocycles. The van der Waals surface area contributed by atoms with Crippen LogP contribution in [0, 0.1) is 0 Å². The Bertz CT molecular complexity index is 2770. The lowest BCUT2D eigenvalue weighted by atomic mass is 9.87. The van der Waals surface area contributed by atoms with E-state index in [-0.39, 0.29) is 0 Å². The van der Waals surface area contributed by atoms with Crippen LogP contribution in [-0.4, -0.2) is 0 Å². The van der Waals surface area contributed by atoms with E-state index in [0.717, 1.165) is 33.4 Å². The van der Waals surface area contributed by atoms with Crippen molar-refractivity contribution < 1.29 is 4.42 Å². The highest BCUT2D eigenvalue weighted by atomic mass is 16.3. The number of hydrogen-bond acceptors (Lipinski definition) is 1. The van der Waals surface area contributed by atoms with Crippen LogP contribution in [0.4, 0.5) is 0 Å². The van der Waals surface area contributed by atoms with E-state index in [4.69, 9.17) is 4.42 Å². The molecule has 0 N–H and O–H groups in total. The molecule has 9 aromatic carbocycles. The molecule has 1 heterocycles. The van der Waals surface area contributed by atoms with Crippen molar-refractivity contribution >= 4 is 43.3 Å². The van der Waals surface area contributed by atoms with Gasteiger partial charge >= 0.3 is 0 Å². The van der Waals surface area contributed by atoms with Gasteiger partial charge in [-0.25, -0.2) is 0 Å². The number of hydrogen-bond donors (Lipinski definition) is 0. The van der Waals surface area contributed by atoms with Gasteiger partial charge in [-0.05, 0) is 83.4 Å². The fourth-order valence-electron chi connectivity index (χ4n) is 7.73. The largest absolute Gasteiger partial charge is 0.455 e. The van der Waals surface area contributed by atoms with Crippen LogP contribution in [0.2, 0.25) is 0 Å². The highest BCUT2D eigenvalue weighted by Crippen LogP contribution is 2.44. The standard InChI is InChI=1S/C48H30O/c1-4-10-32(11-5-1)39-25-20-35-23-28-42-40(26-21-36-22-27-41(39)45(35)46(36)42)33-18-16-31(17-19-33)38-24-29-44-43(30-38)47(34-12-6-2-7-13-34)48(49-44)37-14-8-3-9-15-37/h1-30H. The summed E-state index contributed by atoms with van der Waals surface area (Å²) in [6.07, 6.45) is 0. The second-order valence-corrected chi connectivity index (χ2v) is 12.8. The monoisotopic (exact) mass is 622 g/mol. The second kappa shape index (κ2) is 11.1. The lowest BCUT2D eigenvalue weighted by Crippen LogP contribution is -1.89. The second-order valence-electron chi connectivity index (χ2n) is 12.8. The van der Waals surface area contributed by atoms with Gasteiger partial charge in [-0.15, -0.1) is 0 Å². The number of furan rings is 1. The van der Waals surface area contributed by atoms with Crippen LogP contribution in [0.1, 0.15) is 0 Å². The molecule has 10 rings (SSSR count). The third-order valence-corrected chi connectivity index (χ3v) is 10.1. The van der Waals surface area contributed by atoms with E-state index in [1.54, 1.807) is 0 Å². The third-order valence-electron chi connectivity index (χ3n) is 10.1. The zero-order valence-corrected chi connectivity index (χ0v) is 26.7. The minimum Gasteiger partial charge on any atom is -0.455 e. The Morgan fingerprint density at radius 1 is 0.306 bits per heavy atom. The maximum Gasteiger partial charge on any atom is 0.143 e.